The Labute approximate surface area is 352 Å². The predicted molar refractivity (Wildman–Crippen MR) is 210 cm³/mol. The Morgan fingerprint density at radius 3 is 0.796 bits per heavy atom. The van der Waals surface area contributed by atoms with Crippen LogP contribution in [-0.2, 0) is 65.9 Å². The summed E-state index contributed by atoms with van der Waals surface area (Å²) in [7, 11) is 6.33. The van der Waals surface area contributed by atoms with Crippen molar-refractivity contribution in [3.05, 3.63) is 0 Å². The van der Waals surface area contributed by atoms with Gasteiger partial charge >= 0.3 is 0 Å². The highest BCUT2D eigenvalue weighted by Crippen LogP contribution is 2.02. The molecule has 0 bridgehead atoms. The van der Waals surface area contributed by atoms with Crippen molar-refractivity contribution in [2.45, 2.75) is 120 Å². The van der Waals surface area contributed by atoms with Crippen molar-refractivity contribution < 1.29 is 94.3 Å². The van der Waals surface area contributed by atoms with Gasteiger partial charge in [-0.15, -0.1) is 6.61 Å². The average Bonchev–Trinajstić information content (AvgIpc) is 4.01. The summed E-state index contributed by atoms with van der Waals surface area (Å²) in [4.78, 5) is 0. The van der Waals surface area contributed by atoms with Crippen molar-refractivity contribution in [2.75, 3.05) is 120 Å². The van der Waals surface area contributed by atoms with E-state index >= 15 is 0 Å². The standard InChI is InChI=1S/3C8H18O3.C7H15O3.C2H4O.C2H6.CH3ClO2S.HI/c3*1-4-10-8(11-5-2)6-7-9-3;1-3-9-7(5-6-8)10-4-2;1-2-3-1;1-2;1-5(2,3)4;/h3*8H,4-7H2,1-3H3;7H,3-6H2,1-2H3;1-2H2;1-2H3;1H3;1H/q;;;-1;;;;/p-1. The lowest BCUT2D eigenvalue weighted by Gasteiger charge is -2.17. The van der Waals surface area contributed by atoms with E-state index in [0.29, 0.717) is 79.1 Å². The molecule has 0 aromatic rings. The van der Waals surface area contributed by atoms with Crippen LogP contribution in [0.1, 0.15) is 94.9 Å². The van der Waals surface area contributed by atoms with E-state index in [1.54, 1.807) is 21.3 Å². The largest absolute Gasteiger partial charge is 1.00 e. The molecule has 0 amide bonds. The zero-order valence-electron chi connectivity index (χ0n) is 36.3. The minimum atomic E-state index is -3.19. The third-order valence-corrected chi connectivity index (χ3v) is 5.05. The molecular weight excluding hydrogens is 867 g/mol. The molecule has 0 aromatic carbocycles. The van der Waals surface area contributed by atoms with Gasteiger partial charge in [-0.3, -0.25) is 0 Å². The van der Waals surface area contributed by atoms with Crippen molar-refractivity contribution in [3.8, 4) is 0 Å². The first-order chi connectivity index (χ1) is 25.4. The number of epoxide rings is 1. The highest BCUT2D eigenvalue weighted by molar-refractivity contribution is 8.13. The molecule has 1 aliphatic rings. The third kappa shape index (κ3) is 84.9. The lowest BCUT2D eigenvalue weighted by molar-refractivity contribution is -0.376. The molecule has 1 rings (SSSR count). The zero-order valence-corrected chi connectivity index (χ0v) is 40.1. The van der Waals surface area contributed by atoms with Gasteiger partial charge in [-0.1, -0.05) is 13.8 Å². The van der Waals surface area contributed by atoms with Gasteiger partial charge in [0.05, 0.1) is 39.3 Å². The molecule has 338 valence electrons. The first kappa shape index (κ1) is 69.1. The Bertz CT molecular complexity index is 612. The number of halogens is 2. The van der Waals surface area contributed by atoms with E-state index in [1.165, 1.54) is 0 Å². The van der Waals surface area contributed by atoms with Crippen LogP contribution in [0.2, 0.25) is 0 Å². The van der Waals surface area contributed by atoms with Gasteiger partial charge in [-0.05, 0) is 61.8 Å². The molecule has 1 saturated heterocycles. The predicted octanol–water partition coefficient (Wildman–Crippen LogP) is 2.63. The fourth-order valence-electron chi connectivity index (χ4n) is 3.08. The maximum atomic E-state index is 10.1. The quantitative estimate of drug-likeness (QED) is 0.0509. The van der Waals surface area contributed by atoms with E-state index in [9.17, 15) is 13.5 Å². The van der Waals surface area contributed by atoms with Crippen LogP contribution >= 0.6 is 10.7 Å². The van der Waals surface area contributed by atoms with Crippen LogP contribution < -0.4 is 29.1 Å². The summed E-state index contributed by atoms with van der Waals surface area (Å²) in [5.74, 6) is 0. The second-order valence-electron chi connectivity index (χ2n) is 9.49. The lowest BCUT2D eigenvalue weighted by atomic mass is 10.4. The Hall–Kier alpha value is 0.450. The summed E-state index contributed by atoms with van der Waals surface area (Å²) in [5.41, 5.74) is 0. The van der Waals surface area contributed by atoms with Gasteiger partial charge < -0.3 is 85.9 Å². The Morgan fingerprint density at radius 2 is 0.685 bits per heavy atom. The van der Waals surface area contributed by atoms with E-state index in [2.05, 4.69) is 15.4 Å². The number of hydrogen-bond donors (Lipinski definition) is 0. The number of rotatable bonds is 27. The summed E-state index contributed by atoms with van der Waals surface area (Å²) in [5, 5.41) is 10.1. The van der Waals surface area contributed by atoms with Gasteiger partial charge in [0, 0.05) is 104 Å². The molecule has 15 nitrogen and oxygen atoms in total. The Morgan fingerprint density at radius 1 is 0.519 bits per heavy atom. The van der Waals surface area contributed by atoms with Crippen LogP contribution in [-0.4, -0.2) is 154 Å². The van der Waals surface area contributed by atoms with Crippen molar-refractivity contribution in [3.63, 3.8) is 0 Å². The van der Waals surface area contributed by atoms with Crippen molar-refractivity contribution >= 4 is 19.7 Å². The van der Waals surface area contributed by atoms with E-state index < -0.39 is 9.05 Å². The van der Waals surface area contributed by atoms with Gasteiger partial charge in [0.25, 0.3) is 0 Å². The van der Waals surface area contributed by atoms with E-state index in [1.807, 2.05) is 69.2 Å². The molecule has 18 heteroatoms. The molecule has 0 N–H and O–H groups in total. The number of methoxy groups -OCH3 is 3. The summed E-state index contributed by atoms with van der Waals surface area (Å²) in [6.45, 7) is 28.8. The maximum absolute atomic E-state index is 10.1. The molecule has 0 aromatic heterocycles. The first-order valence-corrected chi connectivity index (χ1v) is 21.6. The molecule has 0 aliphatic carbocycles. The summed E-state index contributed by atoms with van der Waals surface area (Å²) in [6, 6.07) is 0. The van der Waals surface area contributed by atoms with Crippen molar-refractivity contribution in [1.82, 2.24) is 0 Å². The molecule has 0 atom stereocenters. The smallest absolute Gasteiger partial charge is 0.229 e. The third-order valence-electron chi connectivity index (χ3n) is 5.05. The molecule has 0 saturated carbocycles. The maximum Gasteiger partial charge on any atom is 0.229 e. The molecule has 54 heavy (non-hydrogen) atoms. The van der Waals surface area contributed by atoms with Gasteiger partial charge in [0.1, 0.15) is 0 Å². The number of ether oxygens (including phenoxy) is 12. The Balaban J connectivity index is -0.0000000998. The monoisotopic (exact) mass is 948 g/mol. The van der Waals surface area contributed by atoms with Crippen LogP contribution in [0.25, 0.3) is 0 Å². The van der Waals surface area contributed by atoms with Crippen LogP contribution in [0.15, 0.2) is 0 Å². The second kappa shape index (κ2) is 62.6. The van der Waals surface area contributed by atoms with Gasteiger partial charge in [-0.25, -0.2) is 8.42 Å². The lowest BCUT2D eigenvalue weighted by Crippen LogP contribution is -3.00. The zero-order chi connectivity index (χ0) is 42.0. The van der Waals surface area contributed by atoms with Crippen molar-refractivity contribution in [2.24, 2.45) is 0 Å². The molecule has 1 heterocycles. The summed E-state index contributed by atoms with van der Waals surface area (Å²) < 4.78 is 79.9. The van der Waals surface area contributed by atoms with Crippen molar-refractivity contribution in [1.29, 1.82) is 0 Å². The highest BCUT2D eigenvalue weighted by Gasteiger charge is 2.07. The van der Waals surface area contributed by atoms with Crippen LogP contribution in [0.4, 0.5) is 0 Å². The molecule has 1 fully saturated rings. The summed E-state index contributed by atoms with van der Waals surface area (Å²) in [6.07, 6.45) is 3.22. The summed E-state index contributed by atoms with van der Waals surface area (Å²) >= 11 is 0. The average molecular weight is 949 g/mol. The molecule has 0 spiro atoms. The molecule has 1 aliphatic heterocycles. The minimum Gasteiger partial charge on any atom is -1.00 e. The normalized spacial score (nSPS) is 11.2. The molecule has 0 radical (unpaired) electrons. The number of hydrogen-bond acceptors (Lipinski definition) is 15. The minimum absolute atomic E-state index is 0. The van der Waals surface area contributed by atoms with Gasteiger partial charge in [0.15, 0.2) is 25.2 Å². The fraction of sp³-hybridized carbons (Fsp3) is 1.00. The topological polar surface area (TPSA) is 171 Å². The van der Waals surface area contributed by atoms with E-state index in [-0.39, 0.29) is 55.7 Å². The van der Waals surface area contributed by atoms with Crippen LogP contribution in [0, 0.1) is 0 Å². The Kier molecular flexibility index (Phi) is 80.1. The highest BCUT2D eigenvalue weighted by atomic mass is 127. The van der Waals surface area contributed by atoms with Crippen LogP contribution in [0.3, 0.4) is 0 Å². The second-order valence-corrected chi connectivity index (χ2v) is 12.5. The van der Waals surface area contributed by atoms with Gasteiger partial charge in [-0.2, -0.15) is 0 Å². The first-order valence-electron chi connectivity index (χ1n) is 18.8. The fourth-order valence-corrected chi connectivity index (χ4v) is 3.08. The molecular formula is C36H82ClIO15S-2. The SMILES string of the molecule is C1CO1.CC.CCOC(CCOC)OCC.CCOC(CCOC)OCC.CCOC(CCOC)OCC.CCOC(CC[O-])OCC.CS(=O)(=O)Cl.[I-]. The van der Waals surface area contributed by atoms with Crippen LogP contribution in [0.5, 0.6) is 0 Å². The molecule has 0 unspecified atom stereocenters. The van der Waals surface area contributed by atoms with Gasteiger partial charge in [0.2, 0.25) is 9.05 Å². The van der Waals surface area contributed by atoms with E-state index in [0.717, 1.165) is 38.7 Å². The van der Waals surface area contributed by atoms with E-state index in [4.69, 9.17) is 52.1 Å².